The summed E-state index contributed by atoms with van der Waals surface area (Å²) >= 11 is 0. The first-order valence-corrected chi connectivity index (χ1v) is 11.5. The summed E-state index contributed by atoms with van der Waals surface area (Å²) in [5, 5.41) is 9.89. The Balaban J connectivity index is 1.90. The minimum atomic E-state index is -4.36. The Bertz CT molecular complexity index is 1050. The Morgan fingerprint density at radius 2 is 1.76 bits per heavy atom. The van der Waals surface area contributed by atoms with Crippen LogP contribution in [-0.2, 0) is 17.6 Å². The van der Waals surface area contributed by atoms with Crippen molar-refractivity contribution in [1.82, 2.24) is 0 Å². The molecule has 3 rings (SSSR count). The fourth-order valence-electron chi connectivity index (χ4n) is 4.31. The number of carbonyl (C=O) groups is 1. The lowest BCUT2D eigenvalue weighted by Crippen LogP contribution is -2.16. The smallest absolute Gasteiger partial charge is 0.416 e. The van der Waals surface area contributed by atoms with Crippen molar-refractivity contribution in [2.45, 2.75) is 57.5 Å². The van der Waals surface area contributed by atoms with Crippen molar-refractivity contribution in [3.63, 3.8) is 0 Å². The summed E-state index contributed by atoms with van der Waals surface area (Å²) in [6.45, 7) is 3.97. The van der Waals surface area contributed by atoms with Gasteiger partial charge in [-0.25, -0.2) is 0 Å². The average molecular weight is 473 g/mol. The van der Waals surface area contributed by atoms with Gasteiger partial charge in [-0.2, -0.15) is 13.2 Å². The number of carboxylic acid groups (broad SMARTS) is 1. The Kier molecular flexibility index (Phi) is 8.24. The second-order valence-electron chi connectivity index (χ2n) is 9.23. The summed E-state index contributed by atoms with van der Waals surface area (Å²) < 4.78 is 44.3. The van der Waals surface area contributed by atoms with Gasteiger partial charge in [-0.15, -0.1) is 0 Å². The molecule has 0 saturated heterocycles. The number of allylic oxidation sites excluding steroid dienone is 4. The highest BCUT2D eigenvalue weighted by Crippen LogP contribution is 2.36. The number of halogens is 3. The molecule has 6 heteroatoms. The molecule has 0 spiro atoms. The predicted molar refractivity (Wildman–Crippen MR) is 127 cm³/mol. The van der Waals surface area contributed by atoms with E-state index < -0.39 is 23.6 Å². The maximum atomic E-state index is 13.0. The number of carboxylic acids is 1. The zero-order valence-corrected chi connectivity index (χ0v) is 19.7. The largest absolute Gasteiger partial charge is 0.497 e. The van der Waals surface area contributed by atoms with Gasteiger partial charge in [0, 0.05) is 5.92 Å². The molecule has 0 amide bonds. The molecule has 0 heterocycles. The number of ether oxygens (including phenoxy) is 1. The number of hydrogen-bond donors (Lipinski definition) is 1. The van der Waals surface area contributed by atoms with E-state index >= 15 is 0 Å². The summed E-state index contributed by atoms with van der Waals surface area (Å²) in [6.07, 6.45) is 1.74. The lowest BCUT2D eigenvalue weighted by Gasteiger charge is -2.22. The van der Waals surface area contributed by atoms with E-state index in [9.17, 15) is 23.1 Å². The lowest BCUT2D eigenvalue weighted by atomic mass is 9.83. The highest BCUT2D eigenvalue weighted by molar-refractivity contribution is 5.76. The number of alkyl halides is 3. The van der Waals surface area contributed by atoms with Crippen molar-refractivity contribution < 1.29 is 27.8 Å². The van der Waals surface area contributed by atoms with E-state index in [-0.39, 0.29) is 18.3 Å². The van der Waals surface area contributed by atoms with E-state index in [1.165, 1.54) is 6.08 Å². The van der Waals surface area contributed by atoms with E-state index in [0.29, 0.717) is 18.4 Å². The monoisotopic (exact) mass is 472 g/mol. The molecule has 3 nitrogen and oxygen atoms in total. The summed E-state index contributed by atoms with van der Waals surface area (Å²) in [6, 6.07) is 13.6. The molecule has 2 atom stereocenters. The van der Waals surface area contributed by atoms with Gasteiger partial charge in [-0.3, -0.25) is 4.79 Å². The summed E-state index contributed by atoms with van der Waals surface area (Å²) in [5.74, 6) is -0.793. The molecule has 182 valence electrons. The third-order valence-corrected chi connectivity index (χ3v) is 6.16. The third-order valence-electron chi connectivity index (χ3n) is 6.16. The van der Waals surface area contributed by atoms with Gasteiger partial charge in [0.2, 0.25) is 0 Å². The van der Waals surface area contributed by atoms with Gasteiger partial charge >= 0.3 is 12.1 Å². The number of aliphatic carboxylic acids is 1. The molecule has 1 aliphatic carbocycles. The van der Waals surface area contributed by atoms with Crippen molar-refractivity contribution in [2.75, 3.05) is 7.11 Å². The maximum Gasteiger partial charge on any atom is 0.416 e. The third kappa shape index (κ3) is 6.75. The molecule has 0 aliphatic heterocycles. The van der Waals surface area contributed by atoms with E-state index in [1.54, 1.807) is 13.2 Å². The molecule has 1 aliphatic rings. The van der Waals surface area contributed by atoms with Crippen molar-refractivity contribution in [1.29, 1.82) is 0 Å². The van der Waals surface area contributed by atoms with Crippen LogP contribution in [0.15, 0.2) is 66.3 Å². The Morgan fingerprint density at radius 3 is 2.29 bits per heavy atom. The number of methoxy groups -OCH3 is 1. The zero-order valence-electron chi connectivity index (χ0n) is 19.7. The molecule has 1 N–H and O–H groups in total. The van der Waals surface area contributed by atoms with Gasteiger partial charge in [-0.1, -0.05) is 62.4 Å². The molecule has 2 aromatic carbocycles. The first kappa shape index (κ1) is 25.6. The fraction of sp³-hybridized carbons (Fsp3) is 0.393. The highest BCUT2D eigenvalue weighted by Gasteiger charge is 2.33. The molecule has 2 aromatic rings. The molecular weight excluding hydrogens is 441 g/mol. The second-order valence-corrected chi connectivity index (χ2v) is 9.23. The van der Waals surface area contributed by atoms with Crippen LogP contribution in [0.25, 0.3) is 0 Å². The van der Waals surface area contributed by atoms with Crippen LogP contribution in [0.1, 0.15) is 60.8 Å². The topological polar surface area (TPSA) is 46.5 Å². The van der Waals surface area contributed by atoms with Gasteiger partial charge in [0.25, 0.3) is 0 Å². The molecular formula is C28H31F3O3. The summed E-state index contributed by atoms with van der Waals surface area (Å²) in [7, 11) is 1.62. The Hall–Kier alpha value is -3.02. The number of aryl methyl sites for hydroxylation is 2. The molecule has 0 radical (unpaired) electrons. The normalized spacial score (nSPS) is 16.9. The average Bonchev–Trinajstić information content (AvgIpc) is 2.80. The predicted octanol–water partition coefficient (Wildman–Crippen LogP) is 7.23. The Labute approximate surface area is 199 Å². The van der Waals surface area contributed by atoms with Gasteiger partial charge in [-0.05, 0) is 66.0 Å². The van der Waals surface area contributed by atoms with E-state index in [1.807, 2.05) is 56.3 Å². The first-order chi connectivity index (χ1) is 16.1. The van der Waals surface area contributed by atoms with Gasteiger partial charge < -0.3 is 9.84 Å². The van der Waals surface area contributed by atoms with Crippen molar-refractivity contribution in [3.8, 4) is 5.75 Å². The van der Waals surface area contributed by atoms with Gasteiger partial charge in [0.1, 0.15) is 5.75 Å². The molecule has 0 fully saturated rings. The van der Waals surface area contributed by atoms with Crippen molar-refractivity contribution in [2.24, 2.45) is 5.92 Å². The van der Waals surface area contributed by atoms with Crippen LogP contribution in [0.2, 0.25) is 0 Å². The minimum Gasteiger partial charge on any atom is -0.497 e. The standard InChI is InChI=1S/C28H31F3O3/c1-18(2)14-26(27(32)33)23-16-20(5-4-19-6-12-25(34-3)13-7-19)15-22(17-23)21-8-10-24(11-9-21)28(29,30)31/h6-8,10-13,15-18,21,26H,4-5,9,14H2,1-3H3,(H,32,33). The van der Waals surface area contributed by atoms with Crippen LogP contribution in [0, 0.1) is 5.92 Å². The van der Waals surface area contributed by atoms with Crippen molar-refractivity contribution in [3.05, 3.63) is 88.5 Å². The highest BCUT2D eigenvalue weighted by atomic mass is 19.4. The van der Waals surface area contributed by atoms with E-state index in [2.05, 4.69) is 0 Å². The van der Waals surface area contributed by atoms with Crippen molar-refractivity contribution >= 4 is 5.97 Å². The van der Waals surface area contributed by atoms with E-state index in [0.717, 1.165) is 34.9 Å². The zero-order chi connectivity index (χ0) is 24.9. The Morgan fingerprint density at radius 1 is 1.09 bits per heavy atom. The number of hydrogen-bond acceptors (Lipinski definition) is 2. The summed E-state index contributed by atoms with van der Waals surface area (Å²) in [5.41, 5.74) is 3.04. The fourth-order valence-corrected chi connectivity index (χ4v) is 4.31. The van der Waals surface area contributed by atoms with Crippen LogP contribution in [0.5, 0.6) is 5.75 Å². The number of rotatable bonds is 9. The molecule has 2 unspecified atom stereocenters. The SMILES string of the molecule is COc1ccc(CCc2cc(C3C=CC(C(F)(F)F)=CC3)cc(C(CC(C)C)C(=O)O)c2)cc1. The summed E-state index contributed by atoms with van der Waals surface area (Å²) in [4.78, 5) is 12.1. The van der Waals surface area contributed by atoms with E-state index in [4.69, 9.17) is 4.74 Å². The number of benzene rings is 2. The maximum absolute atomic E-state index is 13.0. The van der Waals surface area contributed by atoms with Gasteiger partial charge in [0.05, 0.1) is 18.6 Å². The van der Waals surface area contributed by atoms with Crippen LogP contribution < -0.4 is 4.74 Å². The van der Waals surface area contributed by atoms with Crippen LogP contribution in [0.3, 0.4) is 0 Å². The van der Waals surface area contributed by atoms with Crippen LogP contribution in [-0.4, -0.2) is 24.4 Å². The van der Waals surface area contributed by atoms with Gasteiger partial charge in [0.15, 0.2) is 0 Å². The molecule has 34 heavy (non-hydrogen) atoms. The molecule has 0 aromatic heterocycles. The second kappa shape index (κ2) is 10.9. The first-order valence-electron chi connectivity index (χ1n) is 11.5. The molecule has 0 saturated carbocycles. The lowest BCUT2D eigenvalue weighted by molar-refractivity contribution is -0.139. The quantitative estimate of drug-likeness (QED) is 0.419. The van der Waals surface area contributed by atoms with Crippen LogP contribution >= 0.6 is 0 Å². The minimum absolute atomic E-state index is 0.194. The molecule has 0 bridgehead atoms. The van der Waals surface area contributed by atoms with Crippen LogP contribution in [0.4, 0.5) is 13.2 Å².